The third-order valence-corrected chi connectivity index (χ3v) is 3.23. The van der Waals surface area contributed by atoms with Gasteiger partial charge in [0.15, 0.2) is 0 Å². The molecular weight excluding hydrogens is 262 g/mol. The van der Waals surface area contributed by atoms with E-state index in [-0.39, 0.29) is 5.69 Å². The van der Waals surface area contributed by atoms with E-state index in [2.05, 4.69) is 19.9 Å². The van der Waals surface area contributed by atoms with Gasteiger partial charge in [-0.05, 0) is 35.8 Å². The van der Waals surface area contributed by atoms with Crippen LogP contribution in [0, 0.1) is 0 Å². The zero-order valence-electron chi connectivity index (χ0n) is 9.91. The van der Waals surface area contributed by atoms with E-state index in [1.54, 1.807) is 17.0 Å². The number of hydrogen-bond donors (Lipinski definition) is 2. The van der Waals surface area contributed by atoms with Gasteiger partial charge in [-0.25, -0.2) is 4.79 Å². The van der Waals surface area contributed by atoms with Crippen molar-refractivity contribution < 1.29 is 0 Å². The highest BCUT2D eigenvalue weighted by molar-refractivity contribution is 7.03. The molecule has 3 rings (SSSR count). The molecule has 0 aliphatic heterocycles. The number of anilines is 1. The minimum absolute atomic E-state index is 0.144. The van der Waals surface area contributed by atoms with Crippen molar-refractivity contribution in [1.29, 1.82) is 0 Å². The number of aromatic amines is 1. The highest BCUT2D eigenvalue weighted by atomic mass is 32.1. The lowest BCUT2D eigenvalue weighted by molar-refractivity contribution is 0.983. The number of imidazole rings is 1. The molecule has 0 aliphatic rings. The maximum absolute atomic E-state index is 11.5. The van der Waals surface area contributed by atoms with E-state index in [0.717, 1.165) is 17.1 Å². The van der Waals surface area contributed by atoms with Gasteiger partial charge >= 0.3 is 5.69 Å². The Labute approximate surface area is 112 Å². The van der Waals surface area contributed by atoms with Crippen LogP contribution in [-0.2, 0) is 6.54 Å². The molecular formula is C12H11N5OS. The predicted molar refractivity (Wildman–Crippen MR) is 73.6 cm³/mol. The second-order valence-electron chi connectivity index (χ2n) is 3.93. The van der Waals surface area contributed by atoms with E-state index >= 15 is 0 Å². The molecule has 0 fully saturated rings. The predicted octanol–water partition coefficient (Wildman–Crippen LogP) is 1.63. The first-order chi connectivity index (χ1) is 9.33. The SMILES string of the molecule is O=c1[nH]ccn1-c1ccc(NCc2csnn2)cc1. The molecule has 0 unspecified atom stereocenters. The maximum Gasteiger partial charge on any atom is 0.330 e. The summed E-state index contributed by atoms with van der Waals surface area (Å²) in [5, 5.41) is 9.10. The Morgan fingerprint density at radius 1 is 1.32 bits per heavy atom. The Balaban J connectivity index is 1.72. The lowest BCUT2D eigenvalue weighted by Gasteiger charge is -2.06. The van der Waals surface area contributed by atoms with Crippen LogP contribution < -0.4 is 11.0 Å². The van der Waals surface area contributed by atoms with Crippen LogP contribution in [0.1, 0.15) is 5.69 Å². The molecule has 0 amide bonds. The standard InChI is InChI=1S/C12H11N5OS/c18-12-13-5-6-17(12)11-3-1-9(2-4-11)14-7-10-8-19-16-15-10/h1-6,8,14H,7H2,(H,13,18). The van der Waals surface area contributed by atoms with Crippen molar-refractivity contribution in [3.05, 3.63) is 58.2 Å². The highest BCUT2D eigenvalue weighted by Crippen LogP contribution is 2.12. The van der Waals surface area contributed by atoms with E-state index in [4.69, 9.17) is 0 Å². The van der Waals surface area contributed by atoms with Gasteiger partial charge in [0.2, 0.25) is 0 Å². The summed E-state index contributed by atoms with van der Waals surface area (Å²) < 4.78 is 5.35. The molecule has 96 valence electrons. The van der Waals surface area contributed by atoms with Gasteiger partial charge in [0.1, 0.15) is 0 Å². The molecule has 7 heteroatoms. The van der Waals surface area contributed by atoms with Gasteiger partial charge in [0, 0.05) is 23.5 Å². The van der Waals surface area contributed by atoms with Crippen LogP contribution in [0.4, 0.5) is 5.69 Å². The normalized spacial score (nSPS) is 10.5. The largest absolute Gasteiger partial charge is 0.379 e. The fourth-order valence-electron chi connectivity index (χ4n) is 1.72. The van der Waals surface area contributed by atoms with Crippen LogP contribution in [0.2, 0.25) is 0 Å². The molecule has 0 bridgehead atoms. The van der Waals surface area contributed by atoms with E-state index in [1.807, 2.05) is 29.6 Å². The molecule has 2 N–H and O–H groups in total. The van der Waals surface area contributed by atoms with E-state index in [9.17, 15) is 4.79 Å². The first-order valence-corrected chi connectivity index (χ1v) is 6.53. The topological polar surface area (TPSA) is 75.6 Å². The van der Waals surface area contributed by atoms with Crippen LogP contribution in [0.15, 0.2) is 46.8 Å². The summed E-state index contributed by atoms with van der Waals surface area (Å²) in [5.74, 6) is 0. The molecule has 2 heterocycles. The zero-order chi connectivity index (χ0) is 13.1. The molecule has 0 atom stereocenters. The molecule has 0 radical (unpaired) electrons. The first kappa shape index (κ1) is 11.7. The maximum atomic E-state index is 11.5. The van der Waals surface area contributed by atoms with Gasteiger partial charge in [-0.15, -0.1) is 5.10 Å². The van der Waals surface area contributed by atoms with Gasteiger partial charge in [0.25, 0.3) is 0 Å². The number of benzene rings is 1. The lowest BCUT2D eigenvalue weighted by atomic mass is 10.2. The minimum atomic E-state index is -0.144. The first-order valence-electron chi connectivity index (χ1n) is 5.69. The third-order valence-electron chi connectivity index (χ3n) is 2.67. The van der Waals surface area contributed by atoms with Gasteiger partial charge in [-0.1, -0.05) is 4.49 Å². The van der Waals surface area contributed by atoms with Crippen molar-refractivity contribution in [1.82, 2.24) is 19.1 Å². The second-order valence-corrected chi connectivity index (χ2v) is 4.54. The minimum Gasteiger partial charge on any atom is -0.379 e. The summed E-state index contributed by atoms with van der Waals surface area (Å²) in [4.78, 5) is 14.1. The average molecular weight is 273 g/mol. The Bertz CT molecular complexity index is 698. The number of hydrogen-bond acceptors (Lipinski definition) is 5. The van der Waals surface area contributed by atoms with E-state index in [0.29, 0.717) is 6.54 Å². The van der Waals surface area contributed by atoms with Gasteiger partial charge in [-0.3, -0.25) is 4.57 Å². The van der Waals surface area contributed by atoms with Gasteiger partial charge < -0.3 is 10.3 Å². The number of H-pyrrole nitrogens is 1. The smallest absolute Gasteiger partial charge is 0.330 e. The van der Waals surface area contributed by atoms with Crippen molar-refractivity contribution in [3.8, 4) is 5.69 Å². The molecule has 0 saturated heterocycles. The number of nitrogens with zero attached hydrogens (tertiary/aromatic N) is 3. The molecule has 2 aromatic heterocycles. The van der Waals surface area contributed by atoms with Gasteiger partial charge in [-0.2, -0.15) is 0 Å². The molecule has 6 nitrogen and oxygen atoms in total. The average Bonchev–Trinajstić information content (AvgIpc) is 3.08. The second kappa shape index (κ2) is 5.07. The van der Waals surface area contributed by atoms with Crippen molar-refractivity contribution in [3.63, 3.8) is 0 Å². The summed E-state index contributed by atoms with van der Waals surface area (Å²) in [7, 11) is 0. The Hall–Kier alpha value is -2.41. The fraction of sp³-hybridized carbons (Fsp3) is 0.0833. The van der Waals surface area contributed by atoms with E-state index < -0.39 is 0 Å². The van der Waals surface area contributed by atoms with E-state index in [1.165, 1.54) is 11.5 Å². The summed E-state index contributed by atoms with van der Waals surface area (Å²) in [6, 6.07) is 7.62. The Morgan fingerprint density at radius 3 is 2.79 bits per heavy atom. The summed E-state index contributed by atoms with van der Waals surface area (Å²) in [6.07, 6.45) is 3.31. The zero-order valence-corrected chi connectivity index (χ0v) is 10.7. The molecule has 0 saturated carbocycles. The quantitative estimate of drug-likeness (QED) is 0.757. The molecule has 1 aromatic carbocycles. The van der Waals surface area contributed by atoms with Crippen LogP contribution in [0.3, 0.4) is 0 Å². The van der Waals surface area contributed by atoms with Crippen LogP contribution in [0.5, 0.6) is 0 Å². The van der Waals surface area contributed by atoms with Crippen molar-refractivity contribution >= 4 is 17.2 Å². The molecule has 19 heavy (non-hydrogen) atoms. The monoisotopic (exact) mass is 273 g/mol. The van der Waals surface area contributed by atoms with Crippen molar-refractivity contribution in [2.75, 3.05) is 5.32 Å². The highest BCUT2D eigenvalue weighted by Gasteiger charge is 2.00. The summed E-state index contributed by atoms with van der Waals surface area (Å²) >= 11 is 1.33. The molecule has 0 spiro atoms. The molecule has 0 aliphatic carbocycles. The Morgan fingerprint density at radius 2 is 2.16 bits per heavy atom. The number of rotatable bonds is 4. The van der Waals surface area contributed by atoms with Crippen molar-refractivity contribution in [2.24, 2.45) is 0 Å². The van der Waals surface area contributed by atoms with Crippen LogP contribution >= 0.6 is 11.5 Å². The number of aromatic nitrogens is 4. The summed E-state index contributed by atoms with van der Waals surface area (Å²) in [6.45, 7) is 0.639. The lowest BCUT2D eigenvalue weighted by Crippen LogP contribution is -2.13. The Kier molecular flexibility index (Phi) is 3.11. The van der Waals surface area contributed by atoms with Crippen LogP contribution in [0.25, 0.3) is 5.69 Å². The molecule has 3 aromatic rings. The third kappa shape index (κ3) is 2.55. The van der Waals surface area contributed by atoms with Gasteiger partial charge in [0.05, 0.1) is 17.9 Å². The summed E-state index contributed by atoms with van der Waals surface area (Å²) in [5.41, 5.74) is 2.57. The van der Waals surface area contributed by atoms with Crippen LogP contribution in [-0.4, -0.2) is 19.1 Å². The number of nitrogens with one attached hydrogen (secondary N) is 2. The fourth-order valence-corrected chi connectivity index (χ4v) is 2.17. The van der Waals surface area contributed by atoms with Crippen molar-refractivity contribution in [2.45, 2.75) is 6.54 Å².